The van der Waals surface area contributed by atoms with Crippen molar-refractivity contribution < 1.29 is 33.7 Å². The zero-order valence-electron chi connectivity index (χ0n) is 19.1. The topological polar surface area (TPSA) is 154 Å². The second-order valence-corrected chi connectivity index (χ2v) is 11.0. The highest BCUT2D eigenvalue weighted by Crippen LogP contribution is 2.35. The fourth-order valence-corrected chi connectivity index (χ4v) is 3.96. The van der Waals surface area contributed by atoms with Gasteiger partial charge in [0, 0.05) is 0 Å². The van der Waals surface area contributed by atoms with Gasteiger partial charge in [0.05, 0.1) is 6.04 Å². The van der Waals surface area contributed by atoms with Crippen LogP contribution < -0.4 is 15.7 Å². The molecule has 32 heavy (non-hydrogen) atoms. The lowest BCUT2D eigenvalue weighted by atomic mass is 9.86. The summed E-state index contributed by atoms with van der Waals surface area (Å²) in [6, 6.07) is 6.62. The molecule has 0 fully saturated rings. The SMILES string of the molecule is CC(C)C[C@H](NP(=O)(O)CNC(=O)OCc1ccccc1)C(=O)N[C@H](C(=O)O)C(C)(C)C. The van der Waals surface area contributed by atoms with Gasteiger partial charge in [-0.3, -0.25) is 9.36 Å². The molecule has 0 radical (unpaired) electrons. The van der Waals surface area contributed by atoms with Crippen LogP contribution in [0.2, 0.25) is 0 Å². The van der Waals surface area contributed by atoms with Gasteiger partial charge >= 0.3 is 12.1 Å². The average Bonchev–Trinajstić information content (AvgIpc) is 2.67. The highest BCUT2D eigenvalue weighted by molar-refractivity contribution is 7.55. The molecule has 0 saturated heterocycles. The van der Waals surface area contributed by atoms with Crippen molar-refractivity contribution in [1.82, 2.24) is 15.7 Å². The first kappa shape index (κ1) is 27.6. The Morgan fingerprint density at radius 3 is 2.22 bits per heavy atom. The number of carboxylic acid groups (broad SMARTS) is 1. The second-order valence-electron chi connectivity index (χ2n) is 9.06. The molecule has 1 aromatic carbocycles. The molecule has 1 aromatic rings. The van der Waals surface area contributed by atoms with Crippen molar-refractivity contribution in [3.63, 3.8) is 0 Å². The van der Waals surface area contributed by atoms with Gasteiger partial charge in [-0.2, -0.15) is 0 Å². The van der Waals surface area contributed by atoms with Crippen molar-refractivity contribution >= 4 is 25.5 Å². The number of carbonyl (C=O) groups excluding carboxylic acids is 2. The number of ether oxygens (including phenoxy) is 1. The number of alkyl carbamates (subject to hydrolysis) is 1. The molecule has 1 rings (SSSR count). The van der Waals surface area contributed by atoms with Gasteiger partial charge in [-0.25, -0.2) is 14.7 Å². The Morgan fingerprint density at radius 1 is 1.12 bits per heavy atom. The fourth-order valence-electron chi connectivity index (χ4n) is 2.82. The number of hydrogen-bond donors (Lipinski definition) is 5. The summed E-state index contributed by atoms with van der Waals surface area (Å²) >= 11 is 0. The predicted octanol–water partition coefficient (Wildman–Crippen LogP) is 2.68. The minimum atomic E-state index is -4.19. The highest BCUT2D eigenvalue weighted by atomic mass is 31.2. The van der Waals surface area contributed by atoms with Crippen molar-refractivity contribution in [2.24, 2.45) is 11.3 Å². The van der Waals surface area contributed by atoms with Crippen LogP contribution in [0.1, 0.15) is 46.6 Å². The molecule has 0 bridgehead atoms. The van der Waals surface area contributed by atoms with E-state index in [2.05, 4.69) is 15.7 Å². The molecule has 1 unspecified atom stereocenters. The molecule has 0 saturated carbocycles. The number of nitrogens with one attached hydrogen (secondary N) is 3. The number of hydrogen-bond acceptors (Lipinski definition) is 5. The Bertz CT molecular complexity index is 824. The molecule has 11 heteroatoms. The molecule has 0 aliphatic carbocycles. The number of benzene rings is 1. The molecule has 0 aliphatic heterocycles. The fraction of sp³-hybridized carbons (Fsp3) is 0.571. The van der Waals surface area contributed by atoms with Crippen LogP contribution in [0.4, 0.5) is 4.79 Å². The van der Waals surface area contributed by atoms with Crippen LogP contribution in [-0.4, -0.2) is 46.3 Å². The van der Waals surface area contributed by atoms with E-state index in [1.54, 1.807) is 45.0 Å². The molecule has 3 atom stereocenters. The number of carbonyl (C=O) groups is 3. The minimum absolute atomic E-state index is 0.00239. The van der Waals surface area contributed by atoms with E-state index >= 15 is 0 Å². The van der Waals surface area contributed by atoms with Crippen molar-refractivity contribution in [2.75, 3.05) is 6.29 Å². The first-order chi connectivity index (χ1) is 14.7. The predicted molar refractivity (Wildman–Crippen MR) is 120 cm³/mol. The van der Waals surface area contributed by atoms with Crippen LogP contribution >= 0.6 is 7.52 Å². The molecule has 0 spiro atoms. The first-order valence-electron chi connectivity index (χ1n) is 10.3. The lowest BCUT2D eigenvalue weighted by molar-refractivity contribution is -0.145. The van der Waals surface area contributed by atoms with Crippen LogP contribution in [0.3, 0.4) is 0 Å². The van der Waals surface area contributed by atoms with E-state index in [9.17, 15) is 28.9 Å². The second kappa shape index (κ2) is 12.0. The lowest BCUT2D eigenvalue weighted by Gasteiger charge is -2.30. The third-order valence-electron chi connectivity index (χ3n) is 4.43. The zero-order valence-corrected chi connectivity index (χ0v) is 20.0. The normalized spacial score (nSPS) is 15.3. The van der Waals surface area contributed by atoms with Gasteiger partial charge in [-0.1, -0.05) is 65.0 Å². The van der Waals surface area contributed by atoms with Gasteiger partial charge in [-0.05, 0) is 23.3 Å². The van der Waals surface area contributed by atoms with E-state index in [1.165, 1.54) is 0 Å². The van der Waals surface area contributed by atoms with Gasteiger partial charge in [-0.15, -0.1) is 0 Å². The van der Waals surface area contributed by atoms with E-state index in [0.717, 1.165) is 5.56 Å². The number of rotatable bonds is 11. The summed E-state index contributed by atoms with van der Waals surface area (Å²) in [6.07, 6.45) is -1.36. The largest absolute Gasteiger partial charge is 0.480 e. The summed E-state index contributed by atoms with van der Waals surface area (Å²) in [5.74, 6) is -1.94. The maximum Gasteiger partial charge on any atom is 0.407 e. The average molecular weight is 471 g/mol. The van der Waals surface area contributed by atoms with Gasteiger partial charge in [0.15, 0.2) is 0 Å². The Kier molecular flexibility index (Phi) is 10.3. The van der Waals surface area contributed by atoms with Gasteiger partial charge in [0.1, 0.15) is 18.9 Å². The summed E-state index contributed by atoms with van der Waals surface area (Å²) < 4.78 is 17.6. The van der Waals surface area contributed by atoms with E-state index in [0.29, 0.717) is 0 Å². The third kappa shape index (κ3) is 10.3. The maximum atomic E-state index is 12.7. The highest BCUT2D eigenvalue weighted by Gasteiger charge is 2.36. The quantitative estimate of drug-likeness (QED) is 0.309. The van der Waals surface area contributed by atoms with E-state index in [4.69, 9.17) is 4.74 Å². The molecule has 0 aliphatic rings. The van der Waals surface area contributed by atoms with Gasteiger partial charge in [0.2, 0.25) is 5.91 Å². The van der Waals surface area contributed by atoms with Crippen LogP contribution in [0, 0.1) is 11.3 Å². The standard InChI is InChI=1S/C21H34N3O7P/c1-14(2)11-16(18(25)23-17(19(26)27)21(3,4)5)24-32(29,30)13-22-20(28)31-12-15-9-7-6-8-10-15/h6-10,14,16-17H,11-13H2,1-5H3,(H,22,28)(H,23,25)(H,26,27)(H2,24,29,30)/t16-,17+/m0/s1. The summed E-state index contributed by atoms with van der Waals surface area (Å²) in [6.45, 7) is 8.64. The van der Waals surface area contributed by atoms with Crippen LogP contribution in [-0.2, 0) is 25.5 Å². The van der Waals surface area contributed by atoms with Crippen molar-refractivity contribution in [3.8, 4) is 0 Å². The van der Waals surface area contributed by atoms with Crippen molar-refractivity contribution in [1.29, 1.82) is 0 Å². The molecular weight excluding hydrogens is 437 g/mol. The summed E-state index contributed by atoms with van der Waals surface area (Å²) in [4.78, 5) is 46.4. The van der Waals surface area contributed by atoms with E-state index in [-0.39, 0.29) is 18.9 Å². The van der Waals surface area contributed by atoms with Crippen molar-refractivity contribution in [2.45, 2.75) is 59.7 Å². The molecular formula is C21H34N3O7P. The maximum absolute atomic E-state index is 12.7. The molecule has 0 heterocycles. The van der Waals surface area contributed by atoms with Gasteiger partial charge in [0.25, 0.3) is 7.52 Å². The molecule has 180 valence electrons. The molecule has 2 amide bonds. The minimum Gasteiger partial charge on any atom is -0.480 e. The van der Waals surface area contributed by atoms with Gasteiger partial charge < -0.3 is 25.4 Å². The van der Waals surface area contributed by atoms with Crippen LogP contribution in [0.5, 0.6) is 0 Å². The van der Waals surface area contributed by atoms with Crippen LogP contribution in [0.25, 0.3) is 0 Å². The molecule has 5 N–H and O–H groups in total. The monoisotopic (exact) mass is 471 g/mol. The first-order valence-corrected chi connectivity index (χ1v) is 12.1. The third-order valence-corrected chi connectivity index (χ3v) is 5.73. The Balaban J connectivity index is 2.73. The Morgan fingerprint density at radius 2 is 1.72 bits per heavy atom. The summed E-state index contributed by atoms with van der Waals surface area (Å²) in [7, 11) is -4.19. The summed E-state index contributed by atoms with van der Waals surface area (Å²) in [5.41, 5.74) is -0.00918. The number of carboxylic acids is 1. The van der Waals surface area contributed by atoms with E-state index in [1.807, 2.05) is 19.9 Å². The van der Waals surface area contributed by atoms with E-state index < -0.39 is 49.3 Å². The Labute approximate surface area is 188 Å². The number of amides is 2. The lowest BCUT2D eigenvalue weighted by Crippen LogP contribution is -2.54. The summed E-state index contributed by atoms with van der Waals surface area (Å²) in [5, 5.41) is 16.5. The number of aliphatic carboxylic acids is 1. The molecule has 0 aromatic heterocycles. The van der Waals surface area contributed by atoms with Crippen LogP contribution in [0.15, 0.2) is 30.3 Å². The Hall–Kier alpha value is -2.42. The smallest absolute Gasteiger partial charge is 0.407 e. The molecule has 10 nitrogen and oxygen atoms in total. The van der Waals surface area contributed by atoms with Crippen molar-refractivity contribution in [3.05, 3.63) is 35.9 Å². The zero-order chi connectivity index (χ0) is 24.5.